The van der Waals surface area contributed by atoms with Crippen molar-refractivity contribution in [2.24, 2.45) is 17.7 Å². The average Bonchev–Trinajstić information content (AvgIpc) is 2.84. The van der Waals surface area contributed by atoms with Gasteiger partial charge in [0.05, 0.1) is 16.2 Å². The fraction of sp³-hybridized carbons (Fsp3) is 0.500. The Morgan fingerprint density at radius 2 is 2.00 bits per heavy atom. The molecular formula is C14H18N4O3. The van der Waals surface area contributed by atoms with Crippen LogP contribution in [0.15, 0.2) is 18.2 Å². The van der Waals surface area contributed by atoms with Gasteiger partial charge in [-0.15, -0.1) is 0 Å². The van der Waals surface area contributed by atoms with Crippen LogP contribution in [0.25, 0.3) is 0 Å². The first kappa shape index (κ1) is 13.8. The molecule has 1 aromatic rings. The highest BCUT2D eigenvalue weighted by atomic mass is 16.6. The van der Waals surface area contributed by atoms with Gasteiger partial charge in [0.1, 0.15) is 0 Å². The minimum Gasteiger partial charge on any atom is -0.370 e. The van der Waals surface area contributed by atoms with Crippen molar-refractivity contribution < 1.29 is 9.72 Å². The number of fused-ring (bicyclic) bond motifs is 2. The van der Waals surface area contributed by atoms with Crippen molar-refractivity contribution in [3.05, 3.63) is 33.9 Å². The Morgan fingerprint density at radius 3 is 2.57 bits per heavy atom. The molecule has 2 unspecified atom stereocenters. The van der Waals surface area contributed by atoms with E-state index in [1.165, 1.54) is 37.5 Å². The molecule has 2 bridgehead atoms. The topological polar surface area (TPSA) is 101 Å². The summed E-state index contributed by atoms with van der Waals surface area (Å²) in [6, 6.07) is 4.30. The number of amides is 1. The zero-order valence-corrected chi connectivity index (χ0v) is 11.6. The molecule has 3 rings (SSSR count). The summed E-state index contributed by atoms with van der Waals surface area (Å²) < 4.78 is 0. The van der Waals surface area contributed by atoms with Gasteiger partial charge in [0.15, 0.2) is 0 Å². The predicted octanol–water partition coefficient (Wildman–Crippen LogP) is 1.43. The minimum absolute atomic E-state index is 0.00325. The molecule has 2 atom stereocenters. The number of nitrogens with one attached hydrogen (secondary N) is 1. The summed E-state index contributed by atoms with van der Waals surface area (Å²) >= 11 is 0. The van der Waals surface area contributed by atoms with Gasteiger partial charge in [-0.25, -0.2) is 5.84 Å². The van der Waals surface area contributed by atoms with Crippen molar-refractivity contribution in [2.75, 3.05) is 18.0 Å². The number of carbonyl (C=O) groups is 1. The molecular weight excluding hydrogens is 272 g/mol. The van der Waals surface area contributed by atoms with Crippen LogP contribution in [0.5, 0.6) is 0 Å². The lowest BCUT2D eigenvalue weighted by Gasteiger charge is -2.34. The summed E-state index contributed by atoms with van der Waals surface area (Å²) in [5.41, 5.74) is 3.12. The lowest BCUT2D eigenvalue weighted by atomic mass is 9.97. The van der Waals surface area contributed by atoms with E-state index < -0.39 is 10.8 Å². The van der Waals surface area contributed by atoms with E-state index in [4.69, 9.17) is 5.84 Å². The van der Waals surface area contributed by atoms with Crippen molar-refractivity contribution in [3.63, 3.8) is 0 Å². The number of nitrogen functional groups attached to an aromatic ring is 1. The van der Waals surface area contributed by atoms with Gasteiger partial charge in [-0.2, -0.15) is 0 Å². The predicted molar refractivity (Wildman–Crippen MR) is 77.8 cm³/mol. The van der Waals surface area contributed by atoms with Gasteiger partial charge in [0.2, 0.25) is 0 Å². The minimum atomic E-state index is -0.438. The molecule has 1 aliphatic carbocycles. The highest BCUT2D eigenvalue weighted by Gasteiger charge is 2.34. The van der Waals surface area contributed by atoms with Crippen molar-refractivity contribution in [1.29, 1.82) is 0 Å². The molecule has 1 aliphatic heterocycles. The standard InChI is InChI=1S/C14H18N4O3/c15-16-14(19)12-4-3-11(18(20)21)6-13(12)17-7-9-1-2-10(5-9)8-17/h3-4,6,9-10H,1-2,5,7-8,15H2,(H,16,19). The number of hydrazine groups is 1. The van der Waals surface area contributed by atoms with Crippen LogP contribution in [0.2, 0.25) is 0 Å². The van der Waals surface area contributed by atoms with Gasteiger partial charge < -0.3 is 4.90 Å². The number of hydrogen-bond donors (Lipinski definition) is 2. The third kappa shape index (κ3) is 2.56. The number of nitro groups is 1. The fourth-order valence-electron chi connectivity index (χ4n) is 3.57. The van der Waals surface area contributed by atoms with Crippen LogP contribution in [0.3, 0.4) is 0 Å². The van der Waals surface area contributed by atoms with Crippen molar-refractivity contribution in [3.8, 4) is 0 Å². The Morgan fingerprint density at radius 1 is 1.33 bits per heavy atom. The number of non-ortho nitro benzene ring substituents is 1. The van der Waals surface area contributed by atoms with Crippen LogP contribution in [-0.2, 0) is 0 Å². The van der Waals surface area contributed by atoms with Crippen molar-refractivity contribution in [1.82, 2.24) is 5.43 Å². The summed E-state index contributed by atoms with van der Waals surface area (Å²) in [5, 5.41) is 11.0. The monoisotopic (exact) mass is 290 g/mol. The molecule has 3 N–H and O–H groups in total. The number of nitrogens with two attached hydrogens (primary N) is 1. The summed E-state index contributed by atoms with van der Waals surface area (Å²) in [4.78, 5) is 24.6. The first-order chi connectivity index (χ1) is 10.1. The first-order valence-corrected chi connectivity index (χ1v) is 7.13. The fourth-order valence-corrected chi connectivity index (χ4v) is 3.57. The van der Waals surface area contributed by atoms with Gasteiger partial charge in [-0.05, 0) is 37.2 Å². The van der Waals surface area contributed by atoms with Crippen LogP contribution in [-0.4, -0.2) is 23.9 Å². The summed E-state index contributed by atoms with van der Waals surface area (Å²) in [6.07, 6.45) is 3.63. The number of rotatable bonds is 3. The SMILES string of the molecule is NNC(=O)c1ccc([N+](=O)[O-])cc1N1CC2CCC(C2)C1. The van der Waals surface area contributed by atoms with E-state index in [2.05, 4.69) is 10.3 Å². The van der Waals surface area contributed by atoms with Crippen LogP contribution in [0.4, 0.5) is 11.4 Å². The second-order valence-corrected chi connectivity index (χ2v) is 5.88. The highest BCUT2D eigenvalue weighted by molar-refractivity contribution is 6.00. The molecule has 112 valence electrons. The smallest absolute Gasteiger partial charge is 0.271 e. The summed E-state index contributed by atoms with van der Waals surface area (Å²) in [5.74, 6) is 6.04. The number of carbonyl (C=O) groups excluding carboxylic acids is 1. The summed E-state index contributed by atoms with van der Waals surface area (Å²) in [7, 11) is 0. The number of anilines is 1. The van der Waals surface area contributed by atoms with Crippen LogP contribution >= 0.6 is 0 Å². The molecule has 1 saturated heterocycles. The summed E-state index contributed by atoms with van der Waals surface area (Å²) in [6.45, 7) is 1.70. The molecule has 2 aliphatic rings. The van der Waals surface area contributed by atoms with E-state index >= 15 is 0 Å². The molecule has 1 amide bonds. The van der Waals surface area contributed by atoms with Crippen molar-refractivity contribution in [2.45, 2.75) is 19.3 Å². The molecule has 1 aromatic carbocycles. The van der Waals surface area contributed by atoms with Gasteiger partial charge in [0, 0.05) is 25.2 Å². The maximum Gasteiger partial charge on any atom is 0.271 e. The normalized spacial score (nSPS) is 24.0. The molecule has 2 fully saturated rings. The Hall–Kier alpha value is -2.15. The van der Waals surface area contributed by atoms with E-state index in [0.29, 0.717) is 23.1 Å². The first-order valence-electron chi connectivity index (χ1n) is 7.13. The second kappa shape index (κ2) is 5.33. The maximum absolute atomic E-state index is 11.9. The molecule has 1 heterocycles. The number of nitrogens with zero attached hydrogens (tertiary/aromatic N) is 2. The highest BCUT2D eigenvalue weighted by Crippen LogP contribution is 2.39. The van der Waals surface area contributed by atoms with Crippen molar-refractivity contribution >= 4 is 17.3 Å². The Bertz CT molecular complexity index is 578. The molecule has 0 aromatic heterocycles. The lowest BCUT2D eigenvalue weighted by molar-refractivity contribution is -0.384. The van der Waals surface area contributed by atoms with Gasteiger partial charge in [-0.3, -0.25) is 20.3 Å². The molecule has 7 nitrogen and oxygen atoms in total. The van der Waals surface area contributed by atoms with E-state index in [1.54, 1.807) is 0 Å². The number of hydrogen-bond acceptors (Lipinski definition) is 5. The van der Waals surface area contributed by atoms with Gasteiger partial charge in [0.25, 0.3) is 11.6 Å². The quantitative estimate of drug-likeness (QED) is 0.379. The third-order valence-corrected chi connectivity index (χ3v) is 4.52. The van der Waals surface area contributed by atoms with Crippen LogP contribution in [0.1, 0.15) is 29.6 Å². The molecule has 0 spiro atoms. The zero-order valence-electron chi connectivity index (χ0n) is 11.6. The average molecular weight is 290 g/mol. The number of benzene rings is 1. The molecule has 7 heteroatoms. The van der Waals surface area contributed by atoms with Gasteiger partial charge in [-0.1, -0.05) is 0 Å². The van der Waals surface area contributed by atoms with Crippen LogP contribution in [0, 0.1) is 22.0 Å². The van der Waals surface area contributed by atoms with Crippen LogP contribution < -0.4 is 16.2 Å². The number of nitro benzene ring substituents is 1. The van der Waals surface area contributed by atoms with E-state index in [1.807, 2.05) is 0 Å². The van der Waals surface area contributed by atoms with E-state index in [0.717, 1.165) is 13.1 Å². The molecule has 0 radical (unpaired) electrons. The van der Waals surface area contributed by atoms with E-state index in [-0.39, 0.29) is 5.69 Å². The zero-order chi connectivity index (χ0) is 15.0. The second-order valence-electron chi connectivity index (χ2n) is 5.88. The molecule has 21 heavy (non-hydrogen) atoms. The maximum atomic E-state index is 11.9. The number of piperidine rings is 1. The Labute approximate surface area is 122 Å². The lowest BCUT2D eigenvalue weighted by Crippen LogP contribution is -2.38. The third-order valence-electron chi connectivity index (χ3n) is 4.52. The largest absolute Gasteiger partial charge is 0.370 e. The Balaban J connectivity index is 1.99. The van der Waals surface area contributed by atoms with E-state index in [9.17, 15) is 14.9 Å². The molecule has 1 saturated carbocycles. The van der Waals surface area contributed by atoms with Gasteiger partial charge >= 0.3 is 0 Å². The Kier molecular flexibility index (Phi) is 3.50.